The first-order valence-electron chi connectivity index (χ1n) is 6.13. The van der Waals surface area contributed by atoms with E-state index in [0.717, 1.165) is 0 Å². The second-order valence-corrected chi connectivity index (χ2v) is 4.54. The lowest BCUT2D eigenvalue weighted by molar-refractivity contribution is -0.0432. The normalized spacial score (nSPS) is 25.1. The smallest absolute Gasteiger partial charge is 0.220 e. The number of fused-ring (bicyclic) bond motifs is 1. The first-order valence-corrected chi connectivity index (χ1v) is 6.13. The molecule has 0 aliphatic carbocycles. The second kappa shape index (κ2) is 5.14. The van der Waals surface area contributed by atoms with Crippen molar-refractivity contribution >= 4 is 22.9 Å². The molecule has 1 aliphatic rings. The van der Waals surface area contributed by atoms with Crippen molar-refractivity contribution in [3.8, 4) is 0 Å². The van der Waals surface area contributed by atoms with Crippen LogP contribution in [0.1, 0.15) is 12.6 Å². The van der Waals surface area contributed by atoms with Gasteiger partial charge in [0.2, 0.25) is 5.95 Å². The van der Waals surface area contributed by atoms with Crippen LogP contribution in [0, 0.1) is 0 Å². The van der Waals surface area contributed by atoms with E-state index in [0.29, 0.717) is 11.2 Å². The number of rotatable bonds is 3. The Bertz CT molecular complexity index is 724. The summed E-state index contributed by atoms with van der Waals surface area (Å²) < 4.78 is 7.09. The molecule has 1 saturated heterocycles. The molecule has 3 heterocycles. The van der Waals surface area contributed by atoms with Gasteiger partial charge in [0, 0.05) is 11.3 Å². The van der Waals surface area contributed by atoms with Gasteiger partial charge in [-0.25, -0.2) is 15.0 Å². The summed E-state index contributed by atoms with van der Waals surface area (Å²) >= 11 is 0. The van der Waals surface area contributed by atoms with Gasteiger partial charge >= 0.3 is 0 Å². The van der Waals surface area contributed by atoms with Crippen LogP contribution in [-0.4, -0.2) is 48.5 Å². The monoisotopic (exact) mass is 292 g/mol. The van der Waals surface area contributed by atoms with Crippen molar-refractivity contribution in [2.24, 2.45) is 5.11 Å². The Morgan fingerprint density at radius 2 is 2.38 bits per heavy atom. The standard InChI is InChI=1S/C10H12N8O3/c11-8-7-9(15-10(14-8)16-17-12)18(3-13-7)6-1-4(20)5(2-19)21-6/h3-6,19-20H,1-2H2,(H2,11,14,15)/t4-,5+,6+/m0/s1. The van der Waals surface area contributed by atoms with Crippen LogP contribution >= 0.6 is 0 Å². The molecule has 0 bridgehead atoms. The van der Waals surface area contributed by atoms with E-state index in [9.17, 15) is 5.11 Å². The highest BCUT2D eigenvalue weighted by Gasteiger charge is 2.35. The fraction of sp³-hybridized carbons (Fsp3) is 0.500. The number of aliphatic hydroxyl groups is 2. The topological polar surface area (TPSA) is 168 Å². The lowest BCUT2D eigenvalue weighted by Gasteiger charge is -2.13. The van der Waals surface area contributed by atoms with Crippen molar-refractivity contribution in [1.82, 2.24) is 19.5 Å². The summed E-state index contributed by atoms with van der Waals surface area (Å²) in [6, 6.07) is 0. The number of ether oxygens (including phenoxy) is 1. The minimum Gasteiger partial charge on any atom is -0.394 e. The van der Waals surface area contributed by atoms with E-state index >= 15 is 0 Å². The highest BCUT2D eigenvalue weighted by molar-refractivity contribution is 5.82. The summed E-state index contributed by atoms with van der Waals surface area (Å²) in [5.41, 5.74) is 14.9. The molecule has 0 aromatic carbocycles. The molecule has 1 fully saturated rings. The van der Waals surface area contributed by atoms with Crippen molar-refractivity contribution in [1.29, 1.82) is 0 Å². The molecule has 3 atom stereocenters. The van der Waals surface area contributed by atoms with E-state index < -0.39 is 18.4 Å². The van der Waals surface area contributed by atoms with Crippen LogP contribution in [0.15, 0.2) is 11.4 Å². The van der Waals surface area contributed by atoms with Gasteiger partial charge in [-0.05, 0) is 10.6 Å². The fourth-order valence-electron chi connectivity index (χ4n) is 2.27. The molecule has 1 aliphatic heterocycles. The van der Waals surface area contributed by atoms with Gasteiger partial charge in [-0.1, -0.05) is 0 Å². The van der Waals surface area contributed by atoms with E-state index in [1.807, 2.05) is 0 Å². The Balaban J connectivity index is 2.05. The molecule has 0 radical (unpaired) electrons. The molecule has 11 nitrogen and oxygen atoms in total. The highest BCUT2D eigenvalue weighted by Crippen LogP contribution is 2.31. The maximum absolute atomic E-state index is 9.78. The van der Waals surface area contributed by atoms with Gasteiger partial charge in [0.05, 0.1) is 19.0 Å². The van der Waals surface area contributed by atoms with Crippen molar-refractivity contribution < 1.29 is 14.9 Å². The van der Waals surface area contributed by atoms with Gasteiger partial charge in [0.15, 0.2) is 11.5 Å². The summed E-state index contributed by atoms with van der Waals surface area (Å²) in [4.78, 5) is 14.6. The fourth-order valence-corrected chi connectivity index (χ4v) is 2.27. The molecule has 4 N–H and O–H groups in total. The Hall–Kier alpha value is -2.46. The summed E-state index contributed by atoms with van der Waals surface area (Å²) in [6.45, 7) is -0.286. The number of aromatic nitrogens is 4. The Labute approximate surface area is 117 Å². The zero-order valence-electron chi connectivity index (χ0n) is 10.7. The Kier molecular flexibility index (Phi) is 3.31. The number of aliphatic hydroxyl groups excluding tert-OH is 2. The number of azide groups is 1. The van der Waals surface area contributed by atoms with Crippen molar-refractivity contribution in [2.45, 2.75) is 24.9 Å². The van der Waals surface area contributed by atoms with Gasteiger partial charge in [-0.15, -0.1) is 0 Å². The summed E-state index contributed by atoms with van der Waals surface area (Å²) in [6.07, 6.45) is -0.267. The molecule has 0 saturated carbocycles. The first-order chi connectivity index (χ1) is 10.1. The lowest BCUT2D eigenvalue weighted by atomic mass is 10.2. The number of hydrogen-bond acceptors (Lipinski definition) is 8. The van der Waals surface area contributed by atoms with Gasteiger partial charge < -0.3 is 20.7 Å². The van der Waals surface area contributed by atoms with Crippen molar-refractivity contribution in [3.05, 3.63) is 16.8 Å². The molecule has 2 aromatic rings. The molecule has 0 amide bonds. The average Bonchev–Trinajstić information content (AvgIpc) is 3.02. The summed E-state index contributed by atoms with van der Waals surface area (Å²) in [7, 11) is 0. The van der Waals surface area contributed by atoms with Gasteiger partial charge in [0.1, 0.15) is 17.8 Å². The molecule has 11 heteroatoms. The van der Waals surface area contributed by atoms with Gasteiger partial charge in [-0.2, -0.15) is 0 Å². The molecule has 2 aromatic heterocycles. The molecule has 0 spiro atoms. The lowest BCUT2D eigenvalue weighted by Crippen LogP contribution is -2.24. The number of hydrogen-bond donors (Lipinski definition) is 3. The predicted molar refractivity (Wildman–Crippen MR) is 70.2 cm³/mol. The molecule has 3 rings (SSSR count). The minimum atomic E-state index is -0.784. The van der Waals surface area contributed by atoms with E-state index in [4.69, 9.17) is 21.1 Å². The maximum atomic E-state index is 9.78. The van der Waals surface area contributed by atoms with Crippen LogP contribution in [0.5, 0.6) is 0 Å². The molecule has 0 unspecified atom stereocenters. The van der Waals surface area contributed by atoms with Crippen molar-refractivity contribution in [3.63, 3.8) is 0 Å². The summed E-state index contributed by atoms with van der Waals surface area (Å²) in [5, 5.41) is 22.2. The minimum absolute atomic E-state index is 0.0819. The predicted octanol–water partition coefficient (Wildman–Crippen LogP) is -0.00900. The third-order valence-corrected chi connectivity index (χ3v) is 3.27. The van der Waals surface area contributed by atoms with Crippen molar-refractivity contribution in [2.75, 3.05) is 12.3 Å². The third-order valence-electron chi connectivity index (χ3n) is 3.27. The zero-order chi connectivity index (χ0) is 15.0. The number of nitrogen functional groups attached to an aromatic ring is 1. The van der Waals surface area contributed by atoms with E-state index in [-0.39, 0.29) is 24.8 Å². The quantitative estimate of drug-likeness (QED) is 0.406. The average molecular weight is 292 g/mol. The molecular weight excluding hydrogens is 280 g/mol. The van der Waals surface area contributed by atoms with Crippen LogP contribution in [0.3, 0.4) is 0 Å². The van der Waals surface area contributed by atoms with E-state index in [2.05, 4.69) is 25.0 Å². The van der Waals surface area contributed by atoms with Crippen LogP contribution < -0.4 is 5.73 Å². The highest BCUT2D eigenvalue weighted by atomic mass is 16.5. The van der Waals surface area contributed by atoms with Crippen LogP contribution in [0.25, 0.3) is 21.6 Å². The van der Waals surface area contributed by atoms with E-state index in [1.54, 1.807) is 4.57 Å². The Morgan fingerprint density at radius 3 is 3.05 bits per heavy atom. The van der Waals surface area contributed by atoms with Gasteiger partial charge in [-0.3, -0.25) is 4.57 Å². The van der Waals surface area contributed by atoms with Crippen LogP contribution in [0.4, 0.5) is 11.8 Å². The molecule has 21 heavy (non-hydrogen) atoms. The van der Waals surface area contributed by atoms with Gasteiger partial charge in [0.25, 0.3) is 0 Å². The number of imidazole rings is 1. The first kappa shape index (κ1) is 13.5. The third kappa shape index (κ3) is 2.23. The van der Waals surface area contributed by atoms with Crippen LogP contribution in [-0.2, 0) is 4.74 Å². The molecule has 110 valence electrons. The SMILES string of the molecule is [N-]=[N+]=Nc1nc(N)c2ncn([C@H]3C[C@H](O)[C@@H](CO)O3)c2n1. The number of nitrogens with two attached hydrogens (primary N) is 1. The zero-order valence-corrected chi connectivity index (χ0v) is 10.7. The number of anilines is 1. The Morgan fingerprint density at radius 1 is 1.57 bits per heavy atom. The largest absolute Gasteiger partial charge is 0.394 e. The number of nitrogens with zero attached hydrogens (tertiary/aromatic N) is 7. The van der Waals surface area contributed by atoms with Crippen LogP contribution in [0.2, 0.25) is 0 Å². The maximum Gasteiger partial charge on any atom is 0.220 e. The summed E-state index contributed by atoms with van der Waals surface area (Å²) in [5.74, 6) is -0.0418. The van der Waals surface area contributed by atoms with E-state index in [1.165, 1.54) is 6.33 Å². The second-order valence-electron chi connectivity index (χ2n) is 4.54. The molecular formula is C10H12N8O3.